The topological polar surface area (TPSA) is 18.5 Å². The first-order chi connectivity index (χ1) is 8.40. The molecule has 0 N–H and O–H groups in total. The normalized spacial score (nSPS) is 11.6. The van der Waals surface area contributed by atoms with Gasteiger partial charge in [0.05, 0.1) is 5.02 Å². The zero-order chi connectivity index (χ0) is 13.9. The van der Waals surface area contributed by atoms with E-state index in [4.69, 9.17) is 21.1 Å². The standard InChI is InChI=1S/C14H23ClO2Si/c1-8(2)12-11(18)6-10(15)14(17-7-16-5)13(12)9(3)4/h6,8-9H,7H2,1-5,18H3. The first-order valence-corrected chi connectivity index (χ1v) is 7.72. The summed E-state index contributed by atoms with van der Waals surface area (Å²) < 4.78 is 10.7. The summed E-state index contributed by atoms with van der Waals surface area (Å²) in [5.41, 5.74) is 2.63. The van der Waals surface area contributed by atoms with Crippen molar-refractivity contribution in [2.24, 2.45) is 0 Å². The monoisotopic (exact) mass is 286 g/mol. The number of rotatable bonds is 5. The summed E-state index contributed by atoms with van der Waals surface area (Å²) in [6, 6.07) is 2.04. The highest BCUT2D eigenvalue weighted by molar-refractivity contribution is 6.38. The van der Waals surface area contributed by atoms with Gasteiger partial charge >= 0.3 is 0 Å². The van der Waals surface area contributed by atoms with Gasteiger partial charge in [0.2, 0.25) is 0 Å². The minimum absolute atomic E-state index is 0.234. The molecule has 0 saturated heterocycles. The number of methoxy groups -OCH3 is 1. The Labute approximate surface area is 118 Å². The highest BCUT2D eigenvalue weighted by Crippen LogP contribution is 2.38. The summed E-state index contributed by atoms with van der Waals surface area (Å²) in [4.78, 5) is 0. The average Bonchev–Trinajstić information content (AvgIpc) is 2.26. The van der Waals surface area contributed by atoms with E-state index in [-0.39, 0.29) is 6.79 Å². The van der Waals surface area contributed by atoms with E-state index in [1.54, 1.807) is 7.11 Å². The van der Waals surface area contributed by atoms with E-state index in [1.807, 2.05) is 6.07 Å². The predicted molar refractivity (Wildman–Crippen MR) is 81.7 cm³/mol. The van der Waals surface area contributed by atoms with Gasteiger partial charge in [-0.2, -0.15) is 0 Å². The molecule has 0 amide bonds. The molecule has 0 fully saturated rings. The van der Waals surface area contributed by atoms with Gasteiger partial charge in [-0.1, -0.05) is 44.5 Å². The van der Waals surface area contributed by atoms with Crippen LogP contribution in [0.15, 0.2) is 6.07 Å². The lowest BCUT2D eigenvalue weighted by atomic mass is 9.89. The van der Waals surface area contributed by atoms with E-state index in [0.717, 1.165) is 16.0 Å². The van der Waals surface area contributed by atoms with Crippen molar-refractivity contribution in [3.05, 3.63) is 22.2 Å². The molecule has 0 aliphatic heterocycles. The van der Waals surface area contributed by atoms with Crippen molar-refractivity contribution < 1.29 is 9.47 Å². The lowest BCUT2D eigenvalue weighted by Gasteiger charge is -2.23. The molecule has 0 radical (unpaired) electrons. The van der Waals surface area contributed by atoms with Gasteiger partial charge in [0, 0.05) is 22.9 Å². The van der Waals surface area contributed by atoms with Crippen molar-refractivity contribution in [2.75, 3.05) is 13.9 Å². The zero-order valence-electron chi connectivity index (χ0n) is 12.1. The van der Waals surface area contributed by atoms with Crippen LogP contribution in [0.4, 0.5) is 0 Å². The van der Waals surface area contributed by atoms with Crippen molar-refractivity contribution >= 4 is 27.0 Å². The van der Waals surface area contributed by atoms with E-state index in [9.17, 15) is 0 Å². The van der Waals surface area contributed by atoms with Crippen LogP contribution < -0.4 is 9.92 Å². The molecule has 0 aliphatic carbocycles. The minimum atomic E-state index is 0.234. The Bertz CT molecular complexity index is 417. The van der Waals surface area contributed by atoms with Gasteiger partial charge in [-0.3, -0.25) is 0 Å². The Balaban J connectivity index is 3.43. The molecule has 2 nitrogen and oxygen atoms in total. The second kappa shape index (κ2) is 6.59. The van der Waals surface area contributed by atoms with Gasteiger partial charge in [-0.25, -0.2) is 0 Å². The largest absolute Gasteiger partial charge is 0.466 e. The summed E-state index contributed by atoms with van der Waals surface area (Å²) in [7, 11) is 2.62. The van der Waals surface area contributed by atoms with Gasteiger partial charge < -0.3 is 9.47 Å². The maximum atomic E-state index is 6.33. The van der Waals surface area contributed by atoms with Crippen molar-refractivity contribution in [3.8, 4) is 5.75 Å². The predicted octanol–water partition coefficient (Wildman–Crippen LogP) is 2.56. The first kappa shape index (κ1) is 15.5. The third kappa shape index (κ3) is 3.28. The molecule has 18 heavy (non-hydrogen) atoms. The maximum absolute atomic E-state index is 6.33. The number of hydrogen-bond acceptors (Lipinski definition) is 2. The molecular formula is C14H23ClO2Si. The van der Waals surface area contributed by atoms with E-state index < -0.39 is 0 Å². The van der Waals surface area contributed by atoms with Crippen molar-refractivity contribution in [3.63, 3.8) is 0 Å². The molecular weight excluding hydrogens is 264 g/mol. The first-order valence-electron chi connectivity index (χ1n) is 6.34. The van der Waals surface area contributed by atoms with E-state index in [0.29, 0.717) is 16.9 Å². The smallest absolute Gasteiger partial charge is 0.188 e. The van der Waals surface area contributed by atoms with E-state index in [1.165, 1.54) is 16.3 Å². The molecule has 0 heterocycles. The Morgan fingerprint density at radius 3 is 2.17 bits per heavy atom. The van der Waals surface area contributed by atoms with Crippen LogP contribution in [0.25, 0.3) is 0 Å². The molecule has 1 rings (SSSR count). The van der Waals surface area contributed by atoms with Crippen LogP contribution in [0.3, 0.4) is 0 Å². The summed E-state index contributed by atoms with van der Waals surface area (Å²) >= 11 is 6.33. The lowest BCUT2D eigenvalue weighted by Crippen LogP contribution is -2.18. The second-order valence-corrected chi connectivity index (χ2v) is 6.68. The summed E-state index contributed by atoms with van der Waals surface area (Å²) in [6.07, 6.45) is 0. The van der Waals surface area contributed by atoms with E-state index >= 15 is 0 Å². The van der Waals surface area contributed by atoms with E-state index in [2.05, 4.69) is 27.7 Å². The van der Waals surface area contributed by atoms with Crippen molar-refractivity contribution in [2.45, 2.75) is 39.5 Å². The van der Waals surface area contributed by atoms with Crippen LogP contribution in [0.2, 0.25) is 5.02 Å². The van der Waals surface area contributed by atoms with Crippen LogP contribution in [0, 0.1) is 0 Å². The van der Waals surface area contributed by atoms with Gasteiger partial charge in [-0.15, -0.1) is 0 Å². The highest BCUT2D eigenvalue weighted by atomic mass is 35.5. The Kier molecular flexibility index (Phi) is 5.69. The molecule has 0 unspecified atom stereocenters. The number of ether oxygens (including phenoxy) is 2. The summed E-state index contributed by atoms with van der Waals surface area (Å²) in [5, 5.41) is 2.06. The molecule has 0 spiro atoms. The fourth-order valence-corrected chi connectivity index (χ4v) is 4.04. The van der Waals surface area contributed by atoms with Gasteiger partial charge in [0.15, 0.2) is 6.79 Å². The van der Waals surface area contributed by atoms with Gasteiger partial charge in [-0.05, 0) is 23.5 Å². The third-order valence-electron chi connectivity index (χ3n) is 3.00. The van der Waals surface area contributed by atoms with Gasteiger partial charge in [0.1, 0.15) is 5.75 Å². The summed E-state index contributed by atoms with van der Waals surface area (Å²) in [6.45, 7) is 9.03. The molecule has 4 heteroatoms. The van der Waals surface area contributed by atoms with Gasteiger partial charge in [0.25, 0.3) is 0 Å². The minimum Gasteiger partial charge on any atom is -0.466 e. The molecule has 0 aromatic heterocycles. The van der Waals surface area contributed by atoms with Crippen molar-refractivity contribution in [1.29, 1.82) is 0 Å². The Morgan fingerprint density at radius 1 is 1.17 bits per heavy atom. The Hall–Kier alpha value is -0.513. The SMILES string of the molecule is COCOc1c(Cl)cc([SiH3])c(C(C)C)c1C(C)C. The molecule has 0 aliphatic rings. The fraction of sp³-hybridized carbons (Fsp3) is 0.571. The van der Waals surface area contributed by atoms with Crippen LogP contribution in [0.1, 0.15) is 50.7 Å². The van der Waals surface area contributed by atoms with Crippen LogP contribution in [-0.2, 0) is 4.74 Å². The molecule has 0 saturated carbocycles. The van der Waals surface area contributed by atoms with Crippen LogP contribution in [0.5, 0.6) is 5.75 Å². The Morgan fingerprint density at radius 2 is 1.72 bits per heavy atom. The lowest BCUT2D eigenvalue weighted by molar-refractivity contribution is 0.0503. The number of halogens is 1. The number of benzene rings is 1. The maximum Gasteiger partial charge on any atom is 0.188 e. The summed E-state index contributed by atoms with van der Waals surface area (Å²) in [5.74, 6) is 1.66. The molecule has 0 atom stereocenters. The molecule has 1 aromatic carbocycles. The average molecular weight is 287 g/mol. The molecule has 0 bridgehead atoms. The quantitative estimate of drug-likeness (QED) is 0.612. The number of hydrogen-bond donors (Lipinski definition) is 0. The molecule has 102 valence electrons. The van der Waals surface area contributed by atoms with Crippen LogP contribution >= 0.6 is 11.6 Å². The highest BCUT2D eigenvalue weighted by Gasteiger charge is 2.20. The van der Waals surface area contributed by atoms with Crippen molar-refractivity contribution in [1.82, 2.24) is 0 Å². The second-order valence-electron chi connectivity index (χ2n) is 5.19. The molecule has 1 aromatic rings. The fourth-order valence-electron chi connectivity index (χ4n) is 2.40. The third-order valence-corrected chi connectivity index (χ3v) is 4.10. The zero-order valence-corrected chi connectivity index (χ0v) is 14.9. The van der Waals surface area contributed by atoms with Crippen LogP contribution in [-0.4, -0.2) is 24.1 Å².